The molecule has 0 radical (unpaired) electrons. The van der Waals surface area contributed by atoms with E-state index in [1.165, 1.54) is 5.56 Å². The molecule has 1 fully saturated rings. The molecule has 0 saturated carbocycles. The number of rotatable bonds is 6. The maximum atomic E-state index is 4.65. The standard InChI is InChI=1S/C23H30N6.HI/c1-24-23(25-13-10-21-18-29-14-6-5-9-22(29)26-21)27-20-11-15-28(16-12-20)17-19-7-3-2-4-8-19;/h2-9,14,18,20H,10-13,15-17H2,1H3,(H2,24,25,27);1H. The largest absolute Gasteiger partial charge is 0.356 e. The Labute approximate surface area is 195 Å². The maximum absolute atomic E-state index is 4.65. The minimum absolute atomic E-state index is 0. The van der Waals surface area contributed by atoms with E-state index in [0.29, 0.717) is 6.04 Å². The monoisotopic (exact) mass is 518 g/mol. The topological polar surface area (TPSA) is 57.0 Å². The first-order valence-electron chi connectivity index (χ1n) is 10.5. The first kappa shape index (κ1) is 22.6. The zero-order valence-electron chi connectivity index (χ0n) is 17.5. The van der Waals surface area contributed by atoms with Crippen LogP contribution in [-0.2, 0) is 13.0 Å². The Morgan fingerprint density at radius 1 is 1.10 bits per heavy atom. The van der Waals surface area contributed by atoms with Crippen LogP contribution < -0.4 is 10.6 Å². The smallest absolute Gasteiger partial charge is 0.191 e. The average Bonchev–Trinajstić information content (AvgIpc) is 3.18. The third-order valence-electron chi connectivity index (χ3n) is 5.49. The van der Waals surface area contributed by atoms with Crippen molar-refractivity contribution in [2.75, 3.05) is 26.7 Å². The van der Waals surface area contributed by atoms with E-state index in [2.05, 4.69) is 66.4 Å². The number of nitrogens with zero attached hydrogens (tertiary/aromatic N) is 4. The van der Waals surface area contributed by atoms with E-state index < -0.39 is 0 Å². The average molecular weight is 518 g/mol. The lowest BCUT2D eigenvalue weighted by Gasteiger charge is -2.33. The Morgan fingerprint density at radius 3 is 2.60 bits per heavy atom. The lowest BCUT2D eigenvalue weighted by atomic mass is 10.0. The van der Waals surface area contributed by atoms with Gasteiger partial charge in [-0.3, -0.25) is 9.89 Å². The molecule has 1 aliphatic heterocycles. The fourth-order valence-corrected chi connectivity index (χ4v) is 3.88. The van der Waals surface area contributed by atoms with E-state index >= 15 is 0 Å². The summed E-state index contributed by atoms with van der Waals surface area (Å²) in [5, 5.41) is 7.03. The molecule has 0 amide bonds. The summed E-state index contributed by atoms with van der Waals surface area (Å²) in [6.45, 7) is 4.09. The Kier molecular flexibility index (Phi) is 8.50. The van der Waals surface area contributed by atoms with Gasteiger partial charge < -0.3 is 15.0 Å². The second-order valence-electron chi connectivity index (χ2n) is 7.63. The SMILES string of the molecule is CN=C(NCCc1cn2ccccc2n1)NC1CCN(Cc2ccccc2)CC1.I. The lowest BCUT2D eigenvalue weighted by molar-refractivity contribution is 0.198. The van der Waals surface area contributed by atoms with E-state index in [0.717, 1.165) is 62.7 Å². The number of hydrogen-bond donors (Lipinski definition) is 2. The number of benzene rings is 1. The van der Waals surface area contributed by atoms with Gasteiger partial charge in [0.15, 0.2) is 5.96 Å². The van der Waals surface area contributed by atoms with Crippen molar-refractivity contribution in [2.45, 2.75) is 31.8 Å². The zero-order chi connectivity index (χ0) is 19.9. The molecule has 1 saturated heterocycles. The molecule has 4 rings (SSSR count). The van der Waals surface area contributed by atoms with Gasteiger partial charge >= 0.3 is 0 Å². The van der Waals surface area contributed by atoms with Crippen molar-refractivity contribution in [3.05, 3.63) is 72.2 Å². The van der Waals surface area contributed by atoms with Gasteiger partial charge in [-0.15, -0.1) is 24.0 Å². The van der Waals surface area contributed by atoms with Crippen LogP contribution in [0.2, 0.25) is 0 Å². The molecule has 3 aromatic rings. The summed E-state index contributed by atoms with van der Waals surface area (Å²) < 4.78 is 2.06. The number of halogens is 1. The molecule has 0 spiro atoms. The molecule has 1 aromatic carbocycles. The predicted octanol–water partition coefficient (Wildman–Crippen LogP) is 3.32. The fraction of sp³-hybridized carbons (Fsp3) is 0.391. The van der Waals surface area contributed by atoms with Gasteiger partial charge in [0.2, 0.25) is 0 Å². The highest BCUT2D eigenvalue weighted by Crippen LogP contribution is 2.13. The molecule has 0 aliphatic carbocycles. The first-order valence-corrected chi connectivity index (χ1v) is 10.5. The number of aromatic nitrogens is 2. The Bertz CT molecular complexity index is 898. The maximum Gasteiger partial charge on any atom is 0.191 e. The number of imidazole rings is 1. The Morgan fingerprint density at radius 2 is 1.87 bits per heavy atom. The highest BCUT2D eigenvalue weighted by atomic mass is 127. The van der Waals surface area contributed by atoms with Crippen LogP contribution in [0, 0.1) is 0 Å². The van der Waals surface area contributed by atoms with Gasteiger partial charge in [0.05, 0.1) is 5.69 Å². The number of nitrogens with one attached hydrogen (secondary N) is 2. The van der Waals surface area contributed by atoms with Gasteiger partial charge in [0, 0.05) is 58.1 Å². The first-order chi connectivity index (χ1) is 14.3. The lowest BCUT2D eigenvalue weighted by Crippen LogP contribution is -2.48. The van der Waals surface area contributed by atoms with Crippen LogP contribution in [-0.4, -0.2) is 53.0 Å². The molecule has 2 N–H and O–H groups in total. The van der Waals surface area contributed by atoms with Crippen LogP contribution >= 0.6 is 24.0 Å². The van der Waals surface area contributed by atoms with E-state index in [4.69, 9.17) is 0 Å². The minimum atomic E-state index is 0. The summed E-state index contributed by atoms with van der Waals surface area (Å²) >= 11 is 0. The Hall–Kier alpha value is -2.13. The quantitative estimate of drug-likeness (QED) is 0.299. The highest BCUT2D eigenvalue weighted by Gasteiger charge is 2.20. The number of piperidine rings is 1. The Balaban J connectivity index is 0.00000256. The third-order valence-corrected chi connectivity index (χ3v) is 5.49. The van der Waals surface area contributed by atoms with Gasteiger partial charge in [0.1, 0.15) is 5.65 Å². The molecule has 160 valence electrons. The van der Waals surface area contributed by atoms with Crippen molar-refractivity contribution in [1.29, 1.82) is 0 Å². The molecule has 3 heterocycles. The molecule has 0 unspecified atom stereocenters. The van der Waals surface area contributed by atoms with Crippen molar-refractivity contribution in [3.63, 3.8) is 0 Å². The molecule has 0 atom stereocenters. The summed E-state index contributed by atoms with van der Waals surface area (Å²) in [7, 11) is 1.84. The normalized spacial score (nSPS) is 15.7. The molecule has 30 heavy (non-hydrogen) atoms. The molecule has 6 nitrogen and oxygen atoms in total. The van der Waals surface area contributed by atoms with E-state index in [1.807, 2.05) is 31.4 Å². The summed E-state index contributed by atoms with van der Waals surface area (Å²) in [5.41, 5.74) is 3.48. The van der Waals surface area contributed by atoms with Crippen molar-refractivity contribution in [1.82, 2.24) is 24.9 Å². The van der Waals surface area contributed by atoms with Crippen LogP contribution in [0.5, 0.6) is 0 Å². The van der Waals surface area contributed by atoms with Gasteiger partial charge in [-0.25, -0.2) is 4.98 Å². The van der Waals surface area contributed by atoms with E-state index in [1.54, 1.807) is 0 Å². The van der Waals surface area contributed by atoms with E-state index in [-0.39, 0.29) is 24.0 Å². The summed E-state index contributed by atoms with van der Waals surface area (Å²) in [6.07, 6.45) is 7.28. The van der Waals surface area contributed by atoms with Crippen LogP contribution in [0.1, 0.15) is 24.1 Å². The third kappa shape index (κ3) is 6.18. The van der Waals surface area contributed by atoms with Crippen LogP contribution in [0.4, 0.5) is 0 Å². The fourth-order valence-electron chi connectivity index (χ4n) is 3.88. The predicted molar refractivity (Wildman–Crippen MR) is 134 cm³/mol. The number of pyridine rings is 1. The second-order valence-corrected chi connectivity index (χ2v) is 7.63. The van der Waals surface area contributed by atoms with Gasteiger partial charge in [-0.1, -0.05) is 36.4 Å². The second kappa shape index (κ2) is 11.3. The molecule has 0 bridgehead atoms. The molecular weight excluding hydrogens is 487 g/mol. The number of aliphatic imine (C=N–C) groups is 1. The van der Waals surface area contributed by atoms with Crippen LogP contribution in [0.15, 0.2) is 65.9 Å². The van der Waals surface area contributed by atoms with Crippen LogP contribution in [0.3, 0.4) is 0 Å². The molecule has 2 aromatic heterocycles. The number of hydrogen-bond acceptors (Lipinski definition) is 3. The number of likely N-dealkylation sites (tertiary alicyclic amines) is 1. The molecule has 7 heteroatoms. The zero-order valence-corrected chi connectivity index (χ0v) is 19.8. The van der Waals surface area contributed by atoms with Gasteiger partial charge in [-0.2, -0.15) is 0 Å². The summed E-state index contributed by atoms with van der Waals surface area (Å²) in [4.78, 5) is 11.6. The number of fused-ring (bicyclic) bond motifs is 1. The number of guanidine groups is 1. The molecular formula is C23H31IN6. The van der Waals surface area contributed by atoms with Crippen molar-refractivity contribution >= 4 is 35.6 Å². The van der Waals surface area contributed by atoms with Crippen molar-refractivity contribution in [2.24, 2.45) is 4.99 Å². The summed E-state index contributed by atoms with van der Waals surface area (Å²) in [6, 6.07) is 17.3. The van der Waals surface area contributed by atoms with Crippen LogP contribution in [0.25, 0.3) is 5.65 Å². The minimum Gasteiger partial charge on any atom is -0.356 e. The van der Waals surface area contributed by atoms with E-state index in [9.17, 15) is 0 Å². The summed E-state index contributed by atoms with van der Waals surface area (Å²) in [5.74, 6) is 0.885. The van der Waals surface area contributed by atoms with Crippen molar-refractivity contribution in [3.8, 4) is 0 Å². The molecule has 1 aliphatic rings. The van der Waals surface area contributed by atoms with Crippen molar-refractivity contribution < 1.29 is 0 Å². The van der Waals surface area contributed by atoms with Gasteiger partial charge in [-0.05, 0) is 30.5 Å². The van der Waals surface area contributed by atoms with Gasteiger partial charge in [0.25, 0.3) is 0 Å². The highest BCUT2D eigenvalue weighted by molar-refractivity contribution is 14.0.